The van der Waals surface area contributed by atoms with Gasteiger partial charge in [-0.2, -0.15) is 4.98 Å². The smallest absolute Gasteiger partial charge is 0.255 e. The molecule has 6 nitrogen and oxygen atoms in total. The summed E-state index contributed by atoms with van der Waals surface area (Å²) >= 11 is 1.51. The minimum atomic E-state index is -0.769. The van der Waals surface area contributed by atoms with Crippen LogP contribution in [0.4, 0.5) is 16.0 Å². The maximum atomic E-state index is 15.1. The van der Waals surface area contributed by atoms with Gasteiger partial charge < -0.3 is 10.6 Å². The van der Waals surface area contributed by atoms with E-state index >= 15 is 4.39 Å². The Bertz CT molecular complexity index is 1460. The molecule has 0 radical (unpaired) electrons. The quantitative estimate of drug-likeness (QED) is 0.307. The molecule has 36 heavy (non-hydrogen) atoms. The number of benzene rings is 3. The third-order valence-electron chi connectivity index (χ3n) is 6.16. The van der Waals surface area contributed by atoms with Crippen molar-refractivity contribution in [1.82, 2.24) is 14.8 Å². The van der Waals surface area contributed by atoms with E-state index in [0.717, 1.165) is 0 Å². The number of allylic oxidation sites excluding steroid dienone is 1. The average molecular weight is 500 g/mol. The summed E-state index contributed by atoms with van der Waals surface area (Å²) in [4.78, 5) is 18.1. The molecule has 1 amide bonds. The van der Waals surface area contributed by atoms with Gasteiger partial charge in [-0.25, -0.2) is 9.07 Å². The molecule has 1 aliphatic heterocycles. The minimum absolute atomic E-state index is 0.329. The number of anilines is 2. The number of nitrogens with one attached hydrogen (secondary N) is 2. The maximum Gasteiger partial charge on any atom is 0.255 e. The van der Waals surface area contributed by atoms with E-state index in [4.69, 9.17) is 5.10 Å². The predicted octanol–water partition coefficient (Wildman–Crippen LogP) is 6.25. The van der Waals surface area contributed by atoms with Crippen molar-refractivity contribution in [3.63, 3.8) is 0 Å². The summed E-state index contributed by atoms with van der Waals surface area (Å²) in [5.41, 5.74) is 5.63. The fourth-order valence-electron chi connectivity index (χ4n) is 4.34. The third-order valence-corrected chi connectivity index (χ3v) is 7.05. The van der Waals surface area contributed by atoms with Gasteiger partial charge in [0, 0.05) is 22.7 Å². The topological polar surface area (TPSA) is 71.8 Å². The van der Waals surface area contributed by atoms with Gasteiger partial charge in [-0.3, -0.25) is 4.79 Å². The van der Waals surface area contributed by atoms with Crippen molar-refractivity contribution in [2.45, 2.75) is 37.7 Å². The molecule has 2 heterocycles. The molecule has 5 rings (SSSR count). The van der Waals surface area contributed by atoms with Crippen molar-refractivity contribution < 1.29 is 9.18 Å². The van der Waals surface area contributed by atoms with Crippen LogP contribution in [-0.2, 0) is 10.5 Å². The Morgan fingerprint density at radius 2 is 1.81 bits per heavy atom. The van der Waals surface area contributed by atoms with Crippen molar-refractivity contribution in [1.29, 1.82) is 0 Å². The molecule has 0 saturated carbocycles. The van der Waals surface area contributed by atoms with E-state index in [1.54, 1.807) is 29.8 Å². The predicted molar refractivity (Wildman–Crippen MR) is 141 cm³/mol. The number of rotatable bonds is 6. The Labute approximate surface area is 213 Å². The van der Waals surface area contributed by atoms with Crippen LogP contribution in [-0.4, -0.2) is 20.7 Å². The number of aryl methyl sites for hydroxylation is 2. The van der Waals surface area contributed by atoms with Gasteiger partial charge in [-0.05, 0) is 50.1 Å². The molecular weight excluding hydrogens is 473 g/mol. The van der Waals surface area contributed by atoms with Crippen LogP contribution in [0.2, 0.25) is 0 Å². The number of nitrogens with zero attached hydrogens (tertiary/aromatic N) is 3. The number of carbonyl (C=O) groups excluding carboxylic acids is 1. The van der Waals surface area contributed by atoms with Gasteiger partial charge in [0.15, 0.2) is 0 Å². The fourth-order valence-corrected chi connectivity index (χ4v) is 5.25. The number of fused-ring (bicyclic) bond motifs is 1. The lowest BCUT2D eigenvalue weighted by Crippen LogP contribution is -2.32. The summed E-state index contributed by atoms with van der Waals surface area (Å²) in [6.45, 7) is 5.97. The zero-order valence-electron chi connectivity index (χ0n) is 20.2. The Morgan fingerprint density at radius 3 is 2.56 bits per heavy atom. The second kappa shape index (κ2) is 9.99. The molecule has 2 N–H and O–H groups in total. The molecule has 1 aromatic heterocycles. The molecule has 1 unspecified atom stereocenters. The molecule has 0 aliphatic carbocycles. The average Bonchev–Trinajstić information content (AvgIpc) is 3.26. The van der Waals surface area contributed by atoms with Crippen molar-refractivity contribution >= 4 is 29.3 Å². The van der Waals surface area contributed by atoms with E-state index in [-0.39, 0.29) is 5.91 Å². The van der Waals surface area contributed by atoms with Crippen LogP contribution in [0.1, 0.15) is 35.2 Å². The number of thioether (sulfide) groups is 1. The molecule has 0 saturated heterocycles. The summed E-state index contributed by atoms with van der Waals surface area (Å²) in [5.74, 6) is 0.437. The lowest BCUT2D eigenvalue weighted by Gasteiger charge is -2.28. The van der Waals surface area contributed by atoms with Gasteiger partial charge in [0.2, 0.25) is 11.1 Å². The molecule has 182 valence electrons. The van der Waals surface area contributed by atoms with Crippen LogP contribution in [0.5, 0.6) is 0 Å². The van der Waals surface area contributed by atoms with E-state index in [2.05, 4.69) is 47.7 Å². The van der Waals surface area contributed by atoms with Crippen molar-refractivity contribution in [3.05, 3.63) is 112 Å². The van der Waals surface area contributed by atoms with Gasteiger partial charge in [0.05, 0.1) is 5.57 Å². The largest absolute Gasteiger partial charge is 0.328 e. The SMILES string of the molecule is CC1=C(C(=O)Nc2ccccc2)C(c2ccccc2F)n2nc(SCc3ccc(C)cc3C)nc2N1. The van der Waals surface area contributed by atoms with Crippen molar-refractivity contribution in [3.8, 4) is 0 Å². The maximum absolute atomic E-state index is 15.1. The number of halogens is 1. The third kappa shape index (κ3) is 4.77. The summed E-state index contributed by atoms with van der Waals surface area (Å²) in [6.07, 6.45) is 0. The van der Waals surface area contributed by atoms with Gasteiger partial charge in [0.25, 0.3) is 5.91 Å². The molecule has 1 aliphatic rings. The molecule has 1 atom stereocenters. The van der Waals surface area contributed by atoms with Gasteiger partial charge in [0.1, 0.15) is 11.9 Å². The van der Waals surface area contributed by atoms with E-state index in [9.17, 15) is 4.79 Å². The second-order valence-electron chi connectivity index (χ2n) is 8.79. The number of amides is 1. The highest BCUT2D eigenvalue weighted by molar-refractivity contribution is 7.98. The van der Waals surface area contributed by atoms with Gasteiger partial charge in [-0.1, -0.05) is 71.9 Å². The lowest BCUT2D eigenvalue weighted by atomic mass is 9.94. The zero-order chi connectivity index (χ0) is 25.2. The normalized spacial score (nSPS) is 14.8. The molecule has 4 aromatic rings. The highest BCUT2D eigenvalue weighted by Gasteiger charge is 2.35. The van der Waals surface area contributed by atoms with Gasteiger partial charge >= 0.3 is 0 Å². The van der Waals surface area contributed by atoms with Crippen molar-refractivity contribution in [2.75, 3.05) is 10.6 Å². The first-order chi connectivity index (χ1) is 17.4. The standard InChI is InChI=1S/C28H26FN5OS/c1-17-13-14-20(18(2)15-17)16-36-28-32-27-30-19(3)24(26(35)31-21-9-5-4-6-10-21)25(34(27)33-28)22-11-7-8-12-23(22)29/h4-15,25H,16H2,1-3H3,(H,31,35)(H,30,32,33). The molecule has 8 heteroatoms. The van der Waals surface area contributed by atoms with Crippen LogP contribution >= 0.6 is 11.8 Å². The number of para-hydroxylation sites is 1. The summed E-state index contributed by atoms with van der Waals surface area (Å²) < 4.78 is 16.7. The molecular formula is C28H26FN5OS. The highest BCUT2D eigenvalue weighted by Crippen LogP contribution is 2.38. The molecule has 3 aromatic carbocycles. The second-order valence-corrected chi connectivity index (χ2v) is 9.73. The fraction of sp³-hybridized carbons (Fsp3) is 0.179. The van der Waals surface area contributed by atoms with Crippen LogP contribution in [0.15, 0.2) is 89.2 Å². The van der Waals surface area contributed by atoms with E-state index in [0.29, 0.717) is 39.4 Å². The Morgan fingerprint density at radius 1 is 1.06 bits per heavy atom. The number of aromatic nitrogens is 3. The first-order valence-corrected chi connectivity index (χ1v) is 12.6. The van der Waals surface area contributed by atoms with E-state index < -0.39 is 11.9 Å². The van der Waals surface area contributed by atoms with Crippen LogP contribution in [0.3, 0.4) is 0 Å². The first-order valence-electron chi connectivity index (χ1n) is 11.6. The Kier molecular flexibility index (Phi) is 6.61. The molecule has 0 fully saturated rings. The number of hydrogen-bond donors (Lipinski definition) is 2. The van der Waals surface area contributed by atoms with Crippen LogP contribution < -0.4 is 10.6 Å². The summed E-state index contributed by atoms with van der Waals surface area (Å²) in [6, 6.07) is 21.3. The Hall–Kier alpha value is -3.91. The lowest BCUT2D eigenvalue weighted by molar-refractivity contribution is -0.113. The molecule has 0 bridgehead atoms. The highest BCUT2D eigenvalue weighted by atomic mass is 32.2. The Balaban J connectivity index is 1.50. The number of hydrogen-bond acceptors (Lipinski definition) is 5. The summed E-state index contributed by atoms with van der Waals surface area (Å²) in [7, 11) is 0. The van der Waals surface area contributed by atoms with Crippen LogP contribution in [0.25, 0.3) is 0 Å². The molecule has 0 spiro atoms. The monoisotopic (exact) mass is 499 g/mol. The first kappa shape index (κ1) is 23.8. The summed E-state index contributed by atoms with van der Waals surface area (Å²) in [5, 5.41) is 11.4. The minimum Gasteiger partial charge on any atom is -0.328 e. The number of carbonyl (C=O) groups is 1. The van der Waals surface area contributed by atoms with Crippen LogP contribution in [0, 0.1) is 19.7 Å². The zero-order valence-corrected chi connectivity index (χ0v) is 21.1. The van der Waals surface area contributed by atoms with Gasteiger partial charge in [-0.15, -0.1) is 5.10 Å². The van der Waals surface area contributed by atoms with E-state index in [1.165, 1.54) is 34.5 Å². The van der Waals surface area contributed by atoms with E-state index in [1.807, 2.05) is 30.3 Å². The van der Waals surface area contributed by atoms with Crippen molar-refractivity contribution in [2.24, 2.45) is 0 Å².